The van der Waals surface area contributed by atoms with Gasteiger partial charge < -0.3 is 0 Å². The minimum atomic E-state index is -0.306. The van der Waals surface area contributed by atoms with Crippen LogP contribution in [0.25, 0.3) is 21.5 Å². The first-order valence-electron chi connectivity index (χ1n) is 8.49. The maximum absolute atomic E-state index is 13.4. The number of aliphatic imine (C=N–C) groups is 1. The SMILES string of the molecule is O=C1c2cccc3cccc(c23)C2=Nc3cccc4cccc(c34)C12. The number of ketones is 1. The van der Waals surface area contributed by atoms with Crippen molar-refractivity contribution in [2.45, 2.75) is 5.92 Å². The van der Waals surface area contributed by atoms with E-state index >= 15 is 0 Å². The van der Waals surface area contributed by atoms with E-state index in [1.807, 2.05) is 30.3 Å². The molecule has 1 atom stereocenters. The van der Waals surface area contributed by atoms with E-state index in [1.165, 1.54) is 0 Å². The van der Waals surface area contributed by atoms with Gasteiger partial charge in [-0.15, -0.1) is 0 Å². The van der Waals surface area contributed by atoms with Crippen LogP contribution in [0.5, 0.6) is 0 Å². The van der Waals surface area contributed by atoms with Crippen molar-refractivity contribution in [3.8, 4) is 0 Å². The van der Waals surface area contributed by atoms with Gasteiger partial charge in [0.1, 0.15) is 0 Å². The molecule has 0 bridgehead atoms. The number of benzene rings is 4. The van der Waals surface area contributed by atoms with Crippen molar-refractivity contribution in [2.24, 2.45) is 4.99 Å². The van der Waals surface area contributed by atoms with Crippen LogP contribution >= 0.6 is 0 Å². The van der Waals surface area contributed by atoms with Gasteiger partial charge in [0.25, 0.3) is 0 Å². The van der Waals surface area contributed by atoms with E-state index in [-0.39, 0.29) is 11.7 Å². The first-order chi connectivity index (χ1) is 12.3. The number of carbonyl (C=O) groups is 1. The van der Waals surface area contributed by atoms with Gasteiger partial charge in [-0.05, 0) is 22.4 Å². The van der Waals surface area contributed by atoms with Gasteiger partial charge in [-0.3, -0.25) is 9.79 Å². The van der Waals surface area contributed by atoms with Crippen LogP contribution in [-0.4, -0.2) is 11.5 Å². The van der Waals surface area contributed by atoms with Gasteiger partial charge in [0.2, 0.25) is 0 Å². The largest absolute Gasteiger partial charge is 0.293 e. The number of nitrogens with zero attached hydrogens (tertiary/aromatic N) is 1. The summed E-state index contributed by atoms with van der Waals surface area (Å²) < 4.78 is 0. The Morgan fingerprint density at radius 2 is 1.32 bits per heavy atom. The molecule has 116 valence electrons. The molecular weight excluding hydrogens is 306 g/mol. The van der Waals surface area contributed by atoms with Crippen LogP contribution in [0.1, 0.15) is 27.4 Å². The lowest BCUT2D eigenvalue weighted by Gasteiger charge is -2.30. The van der Waals surface area contributed by atoms with E-state index in [0.717, 1.165) is 49.6 Å². The van der Waals surface area contributed by atoms with Crippen LogP contribution in [0.2, 0.25) is 0 Å². The predicted octanol–water partition coefficient (Wildman–Crippen LogP) is 5.41. The molecule has 1 aliphatic heterocycles. The number of hydrogen-bond acceptors (Lipinski definition) is 2. The van der Waals surface area contributed by atoms with Crippen molar-refractivity contribution in [1.82, 2.24) is 0 Å². The van der Waals surface area contributed by atoms with E-state index in [0.29, 0.717) is 0 Å². The maximum Gasteiger partial charge on any atom is 0.176 e. The molecule has 0 radical (unpaired) electrons. The van der Waals surface area contributed by atoms with Crippen molar-refractivity contribution in [2.75, 3.05) is 0 Å². The molecular formula is C23H13NO. The zero-order valence-electron chi connectivity index (χ0n) is 13.4. The molecule has 2 nitrogen and oxygen atoms in total. The molecule has 4 aromatic rings. The fourth-order valence-corrected chi connectivity index (χ4v) is 4.42. The number of rotatable bonds is 0. The molecule has 0 N–H and O–H groups in total. The lowest BCUT2D eigenvalue weighted by Crippen LogP contribution is -2.29. The van der Waals surface area contributed by atoms with Crippen LogP contribution in [-0.2, 0) is 0 Å². The number of Topliss-reactive ketones (excluding diaryl/α,β-unsaturated/α-hetero) is 1. The highest BCUT2D eigenvalue weighted by Gasteiger charge is 2.38. The Hall–Kier alpha value is -3.26. The van der Waals surface area contributed by atoms with Crippen molar-refractivity contribution < 1.29 is 4.79 Å². The summed E-state index contributed by atoms with van der Waals surface area (Å²) in [5.41, 5.74) is 4.83. The van der Waals surface area contributed by atoms with Crippen LogP contribution in [0.4, 0.5) is 5.69 Å². The highest BCUT2D eigenvalue weighted by molar-refractivity contribution is 6.35. The Kier molecular flexibility index (Phi) is 2.31. The molecule has 1 aliphatic carbocycles. The minimum absolute atomic E-state index is 0.157. The van der Waals surface area contributed by atoms with Gasteiger partial charge in [0.05, 0.1) is 17.3 Å². The molecule has 0 spiro atoms. The molecule has 0 saturated heterocycles. The summed E-state index contributed by atoms with van der Waals surface area (Å²) >= 11 is 0. The minimum Gasteiger partial charge on any atom is -0.293 e. The summed E-state index contributed by atoms with van der Waals surface area (Å²) in [4.78, 5) is 18.4. The van der Waals surface area contributed by atoms with Crippen LogP contribution in [0.3, 0.4) is 0 Å². The molecule has 4 aromatic carbocycles. The van der Waals surface area contributed by atoms with Crippen LogP contribution < -0.4 is 0 Å². The smallest absolute Gasteiger partial charge is 0.176 e. The Morgan fingerprint density at radius 1 is 0.680 bits per heavy atom. The molecule has 25 heavy (non-hydrogen) atoms. The normalized spacial score (nSPS) is 17.5. The molecule has 0 amide bonds. The molecule has 0 aromatic heterocycles. The van der Waals surface area contributed by atoms with Crippen molar-refractivity contribution in [3.05, 3.63) is 89.5 Å². The molecule has 0 fully saturated rings. The summed E-state index contributed by atoms with van der Waals surface area (Å²) in [5, 5.41) is 4.39. The fourth-order valence-electron chi connectivity index (χ4n) is 4.42. The first-order valence-corrected chi connectivity index (χ1v) is 8.49. The molecule has 0 saturated carbocycles. The predicted molar refractivity (Wildman–Crippen MR) is 101 cm³/mol. The van der Waals surface area contributed by atoms with Gasteiger partial charge in [-0.1, -0.05) is 66.7 Å². The summed E-state index contributed by atoms with van der Waals surface area (Å²) in [7, 11) is 0. The standard InChI is InChI=1S/C23H13NO/c25-23-17-11-3-6-13-5-2-10-16(19(13)17)22-21(23)15-9-1-7-14-8-4-12-18(24-22)20(14)15/h1-12,21H. The fraction of sp³-hybridized carbons (Fsp3) is 0.0435. The average Bonchev–Trinajstić information content (AvgIpc) is 2.66. The van der Waals surface area contributed by atoms with Gasteiger partial charge in [0.15, 0.2) is 5.78 Å². The second-order valence-corrected chi connectivity index (χ2v) is 6.73. The number of fused-ring (bicyclic) bond motifs is 3. The monoisotopic (exact) mass is 319 g/mol. The highest BCUT2D eigenvalue weighted by Crippen LogP contribution is 2.45. The van der Waals surface area contributed by atoms with E-state index in [1.54, 1.807) is 0 Å². The van der Waals surface area contributed by atoms with Crippen molar-refractivity contribution in [1.29, 1.82) is 0 Å². The van der Waals surface area contributed by atoms with Gasteiger partial charge >= 0.3 is 0 Å². The lowest BCUT2D eigenvalue weighted by atomic mass is 9.74. The van der Waals surface area contributed by atoms with Gasteiger partial charge in [0, 0.05) is 21.9 Å². The Morgan fingerprint density at radius 3 is 2.12 bits per heavy atom. The number of carbonyl (C=O) groups excluding carboxylic acids is 1. The van der Waals surface area contributed by atoms with E-state index in [4.69, 9.17) is 4.99 Å². The molecule has 1 heterocycles. The Balaban J connectivity index is 1.81. The summed E-state index contributed by atoms with van der Waals surface area (Å²) in [5.74, 6) is -0.149. The third-order valence-corrected chi connectivity index (χ3v) is 5.45. The second kappa shape index (κ2) is 4.42. The quantitative estimate of drug-likeness (QED) is 0.426. The van der Waals surface area contributed by atoms with Crippen LogP contribution in [0.15, 0.2) is 77.8 Å². The third kappa shape index (κ3) is 1.54. The van der Waals surface area contributed by atoms with E-state index in [9.17, 15) is 4.79 Å². The van der Waals surface area contributed by atoms with Crippen molar-refractivity contribution in [3.63, 3.8) is 0 Å². The lowest BCUT2D eigenvalue weighted by molar-refractivity contribution is 0.0983. The van der Waals surface area contributed by atoms with Crippen LogP contribution in [0, 0.1) is 0 Å². The summed E-state index contributed by atoms with van der Waals surface area (Å²) in [6.07, 6.45) is 0. The molecule has 2 aliphatic rings. The zero-order chi connectivity index (χ0) is 16.5. The summed E-state index contributed by atoms with van der Waals surface area (Å²) in [6.45, 7) is 0. The highest BCUT2D eigenvalue weighted by atomic mass is 16.1. The third-order valence-electron chi connectivity index (χ3n) is 5.45. The molecule has 6 rings (SSSR count). The Labute approximate surface area is 144 Å². The second-order valence-electron chi connectivity index (χ2n) is 6.73. The average molecular weight is 319 g/mol. The van der Waals surface area contributed by atoms with E-state index in [2.05, 4.69) is 42.5 Å². The van der Waals surface area contributed by atoms with E-state index < -0.39 is 0 Å². The van der Waals surface area contributed by atoms with Crippen molar-refractivity contribution >= 4 is 38.7 Å². The maximum atomic E-state index is 13.4. The Bertz CT molecular complexity index is 1260. The van der Waals surface area contributed by atoms with Gasteiger partial charge in [-0.25, -0.2) is 0 Å². The topological polar surface area (TPSA) is 29.4 Å². The molecule has 2 heteroatoms. The zero-order valence-corrected chi connectivity index (χ0v) is 13.4. The summed E-state index contributed by atoms with van der Waals surface area (Å²) in [6, 6.07) is 24.6. The molecule has 1 unspecified atom stereocenters. The number of hydrogen-bond donors (Lipinski definition) is 0. The first kappa shape index (κ1) is 13.1. The van der Waals surface area contributed by atoms with Gasteiger partial charge in [-0.2, -0.15) is 0 Å².